The van der Waals surface area contributed by atoms with E-state index < -0.39 is 0 Å². The normalized spacial score (nSPS) is 18.0. The molecule has 6 nitrogen and oxygen atoms in total. The molecule has 5 rings (SSSR count). The lowest BCUT2D eigenvalue weighted by molar-refractivity contribution is -0.0195. The first kappa shape index (κ1) is 22.4. The molecule has 1 aliphatic rings. The van der Waals surface area contributed by atoms with Crippen LogP contribution in [0.25, 0.3) is 22.2 Å². The van der Waals surface area contributed by atoms with Gasteiger partial charge >= 0.3 is 0 Å². The van der Waals surface area contributed by atoms with Crippen molar-refractivity contribution in [2.75, 3.05) is 11.9 Å². The lowest BCUT2D eigenvalue weighted by Crippen LogP contribution is -2.16. The number of ether oxygens (including phenoxy) is 2. The van der Waals surface area contributed by atoms with Gasteiger partial charge in [-0.15, -0.1) is 0 Å². The predicted octanol–water partition coefficient (Wildman–Crippen LogP) is 5.77. The van der Waals surface area contributed by atoms with Crippen LogP contribution in [-0.4, -0.2) is 33.5 Å². The lowest BCUT2D eigenvalue weighted by atomic mass is 10.0. The number of para-hydroxylation sites is 2. The van der Waals surface area contributed by atoms with Crippen LogP contribution in [0.1, 0.15) is 38.5 Å². The Morgan fingerprint density at radius 2 is 1.85 bits per heavy atom. The molecular weight excluding hydrogens is 426 g/mol. The number of hydrogen-bond acceptors (Lipinski definition) is 5. The van der Waals surface area contributed by atoms with Gasteiger partial charge in [-0.05, 0) is 56.0 Å². The van der Waals surface area contributed by atoms with Gasteiger partial charge in [0.2, 0.25) is 5.95 Å². The van der Waals surface area contributed by atoms with Crippen LogP contribution < -0.4 is 10.1 Å². The number of aromatic nitrogens is 2. The molecule has 0 unspecified atom stereocenters. The number of nitrogens with zero attached hydrogens (tertiary/aromatic N) is 2. The summed E-state index contributed by atoms with van der Waals surface area (Å²) in [6, 6.07) is 24.8. The molecule has 0 aliphatic carbocycles. The smallest absolute Gasteiger partial charge is 0.206 e. The van der Waals surface area contributed by atoms with E-state index in [0.29, 0.717) is 6.54 Å². The fourth-order valence-corrected chi connectivity index (χ4v) is 4.54. The minimum Gasteiger partial charge on any atom is -0.490 e. The fraction of sp³-hybridized carbons (Fsp3) is 0.321. The quantitative estimate of drug-likeness (QED) is 0.351. The van der Waals surface area contributed by atoms with Crippen LogP contribution in [-0.2, 0) is 11.3 Å². The van der Waals surface area contributed by atoms with Crippen molar-refractivity contribution in [3.63, 3.8) is 0 Å². The second-order valence-corrected chi connectivity index (χ2v) is 8.98. The highest BCUT2D eigenvalue weighted by atomic mass is 16.5. The van der Waals surface area contributed by atoms with Crippen molar-refractivity contribution in [1.29, 1.82) is 0 Å². The first-order valence-corrected chi connectivity index (χ1v) is 11.9. The largest absolute Gasteiger partial charge is 0.490 e. The van der Waals surface area contributed by atoms with Crippen molar-refractivity contribution < 1.29 is 14.6 Å². The molecule has 6 heteroatoms. The maximum Gasteiger partial charge on any atom is 0.206 e. The molecule has 1 aromatic heterocycles. The highest BCUT2D eigenvalue weighted by Crippen LogP contribution is 2.35. The third kappa shape index (κ3) is 4.65. The van der Waals surface area contributed by atoms with Crippen molar-refractivity contribution in [1.82, 2.24) is 9.55 Å². The standard InChI is InChI=1S/C28H31N3O3/c1-19(2)33-26-16-20(12-14-23(26)21-8-4-3-5-9-21)17-29-28-30-24-10-6-7-11-25(24)31(28)27-15-13-22(18-32)34-27/h3-12,14,16,19,22,27,32H,13,15,17-18H2,1-2H3,(H,29,30)/t22-,27+/m0/s1. The minimum absolute atomic E-state index is 0.0400. The molecule has 0 amide bonds. The molecule has 3 aromatic carbocycles. The minimum atomic E-state index is -0.146. The number of imidazole rings is 1. The molecule has 1 aliphatic heterocycles. The zero-order valence-electron chi connectivity index (χ0n) is 19.6. The van der Waals surface area contributed by atoms with Gasteiger partial charge in [-0.3, -0.25) is 4.57 Å². The SMILES string of the molecule is CC(C)Oc1cc(CNc2nc3ccccc3n2[C@H]2CC[C@@H](CO)O2)ccc1-c1ccccc1. The van der Waals surface area contributed by atoms with Crippen LogP contribution in [0.2, 0.25) is 0 Å². The molecule has 176 valence electrons. The van der Waals surface area contributed by atoms with Crippen molar-refractivity contribution in [3.8, 4) is 16.9 Å². The number of nitrogens with one attached hydrogen (secondary N) is 1. The average Bonchev–Trinajstić information content (AvgIpc) is 3.47. The van der Waals surface area contributed by atoms with Gasteiger partial charge in [0.15, 0.2) is 0 Å². The first-order chi connectivity index (χ1) is 16.6. The summed E-state index contributed by atoms with van der Waals surface area (Å²) in [4.78, 5) is 4.84. The van der Waals surface area contributed by atoms with Crippen molar-refractivity contribution in [3.05, 3.63) is 78.4 Å². The lowest BCUT2D eigenvalue weighted by Gasteiger charge is -2.19. The summed E-state index contributed by atoms with van der Waals surface area (Å²) in [7, 11) is 0. The molecule has 2 atom stereocenters. The maximum absolute atomic E-state index is 9.53. The Hall–Kier alpha value is -3.35. The number of anilines is 1. The topological polar surface area (TPSA) is 68.5 Å². The Balaban J connectivity index is 1.43. The van der Waals surface area contributed by atoms with E-state index in [1.807, 2.05) is 50.2 Å². The summed E-state index contributed by atoms with van der Waals surface area (Å²) >= 11 is 0. The van der Waals surface area contributed by atoms with E-state index in [1.165, 1.54) is 0 Å². The zero-order valence-corrected chi connectivity index (χ0v) is 19.6. The number of fused-ring (bicyclic) bond motifs is 1. The van der Waals surface area contributed by atoms with Crippen LogP contribution in [0, 0.1) is 0 Å². The number of hydrogen-bond donors (Lipinski definition) is 2. The molecule has 1 saturated heterocycles. The fourth-order valence-electron chi connectivity index (χ4n) is 4.54. The van der Waals surface area contributed by atoms with Crippen LogP contribution >= 0.6 is 0 Å². The number of aliphatic hydroxyl groups is 1. The number of aliphatic hydroxyl groups excluding tert-OH is 1. The van der Waals surface area contributed by atoms with Crippen LogP contribution in [0.4, 0.5) is 5.95 Å². The molecule has 0 radical (unpaired) electrons. The number of rotatable bonds is 8. The van der Waals surface area contributed by atoms with Gasteiger partial charge in [-0.1, -0.05) is 54.6 Å². The molecule has 2 N–H and O–H groups in total. The molecule has 0 spiro atoms. The van der Waals surface area contributed by atoms with Crippen LogP contribution in [0.3, 0.4) is 0 Å². The number of benzene rings is 3. The Morgan fingerprint density at radius 3 is 2.62 bits per heavy atom. The summed E-state index contributed by atoms with van der Waals surface area (Å²) < 4.78 is 14.4. The van der Waals surface area contributed by atoms with Gasteiger partial charge in [-0.25, -0.2) is 4.98 Å². The average molecular weight is 458 g/mol. The monoisotopic (exact) mass is 457 g/mol. The Kier molecular flexibility index (Phi) is 6.52. The van der Waals surface area contributed by atoms with Gasteiger partial charge in [0, 0.05) is 12.1 Å². The molecular formula is C28H31N3O3. The second kappa shape index (κ2) is 9.87. The second-order valence-electron chi connectivity index (χ2n) is 8.98. The van der Waals surface area contributed by atoms with Crippen LogP contribution in [0.5, 0.6) is 5.75 Å². The summed E-state index contributed by atoms with van der Waals surface area (Å²) in [5.41, 5.74) is 5.27. The summed E-state index contributed by atoms with van der Waals surface area (Å²) in [5, 5.41) is 13.1. The predicted molar refractivity (Wildman–Crippen MR) is 135 cm³/mol. The zero-order chi connectivity index (χ0) is 23.5. The van der Waals surface area contributed by atoms with E-state index in [2.05, 4.69) is 46.3 Å². The highest BCUT2D eigenvalue weighted by molar-refractivity contribution is 5.79. The molecule has 0 saturated carbocycles. The molecule has 1 fully saturated rings. The van der Waals surface area contributed by atoms with E-state index in [0.717, 1.165) is 52.3 Å². The van der Waals surface area contributed by atoms with Gasteiger partial charge < -0.3 is 19.9 Å². The van der Waals surface area contributed by atoms with E-state index in [-0.39, 0.29) is 25.0 Å². The van der Waals surface area contributed by atoms with E-state index >= 15 is 0 Å². The maximum atomic E-state index is 9.53. The molecule has 4 aromatic rings. The third-order valence-electron chi connectivity index (χ3n) is 6.12. The van der Waals surface area contributed by atoms with Crippen molar-refractivity contribution >= 4 is 17.0 Å². The summed E-state index contributed by atoms with van der Waals surface area (Å²) in [6.45, 7) is 4.73. The van der Waals surface area contributed by atoms with Crippen molar-refractivity contribution in [2.45, 2.75) is 51.7 Å². The van der Waals surface area contributed by atoms with E-state index in [4.69, 9.17) is 14.5 Å². The Morgan fingerprint density at radius 1 is 1.06 bits per heavy atom. The first-order valence-electron chi connectivity index (χ1n) is 11.9. The molecule has 0 bridgehead atoms. The van der Waals surface area contributed by atoms with E-state index in [9.17, 15) is 5.11 Å². The molecule has 2 heterocycles. The highest BCUT2D eigenvalue weighted by Gasteiger charge is 2.29. The van der Waals surface area contributed by atoms with Gasteiger partial charge in [0.1, 0.15) is 12.0 Å². The van der Waals surface area contributed by atoms with Crippen LogP contribution in [0.15, 0.2) is 72.8 Å². The third-order valence-corrected chi connectivity index (χ3v) is 6.12. The van der Waals surface area contributed by atoms with Gasteiger partial charge in [0.25, 0.3) is 0 Å². The van der Waals surface area contributed by atoms with Gasteiger partial charge in [-0.2, -0.15) is 0 Å². The Labute approximate surface area is 200 Å². The summed E-state index contributed by atoms with van der Waals surface area (Å²) in [5.74, 6) is 1.64. The van der Waals surface area contributed by atoms with Gasteiger partial charge in [0.05, 0.1) is 29.8 Å². The van der Waals surface area contributed by atoms with Crippen molar-refractivity contribution in [2.24, 2.45) is 0 Å². The van der Waals surface area contributed by atoms with E-state index in [1.54, 1.807) is 0 Å². The Bertz CT molecular complexity index is 1250. The molecule has 34 heavy (non-hydrogen) atoms. The summed E-state index contributed by atoms with van der Waals surface area (Å²) in [6.07, 6.45) is 1.49.